The summed E-state index contributed by atoms with van der Waals surface area (Å²) >= 11 is 0. The van der Waals surface area contributed by atoms with Crippen LogP contribution < -0.4 is 10.4 Å². The fourth-order valence-corrected chi connectivity index (χ4v) is 11.8. The SMILES string of the molecule is C[Si]1(C)c2ccccc2-c2ccc(-c3c4ccccc4c(-c4cc(-c5ccccc5)nc(-c5ccc(-c6ccccc6)cc5)c4)c4ccccc34)cc21. The van der Waals surface area contributed by atoms with Crippen molar-refractivity contribution in [3.63, 3.8) is 0 Å². The molecule has 0 atom stereocenters. The summed E-state index contributed by atoms with van der Waals surface area (Å²) in [6.45, 7) is 5.00. The Kier molecular flexibility index (Phi) is 7.35. The molecule has 0 saturated carbocycles. The van der Waals surface area contributed by atoms with Crippen LogP contribution in [0.4, 0.5) is 0 Å². The van der Waals surface area contributed by atoms with Crippen molar-refractivity contribution in [1.29, 1.82) is 0 Å². The second kappa shape index (κ2) is 12.4. The zero-order chi connectivity index (χ0) is 35.5. The predicted molar refractivity (Wildman–Crippen MR) is 229 cm³/mol. The molecule has 9 aromatic rings. The lowest BCUT2D eigenvalue weighted by atomic mass is 9.85. The highest BCUT2D eigenvalue weighted by atomic mass is 28.3. The summed E-state index contributed by atoms with van der Waals surface area (Å²) in [5, 5.41) is 8.09. The Morgan fingerprint density at radius 2 is 0.736 bits per heavy atom. The summed E-state index contributed by atoms with van der Waals surface area (Å²) in [5.74, 6) is 0. The minimum atomic E-state index is -1.85. The molecule has 250 valence electrons. The van der Waals surface area contributed by atoms with Gasteiger partial charge in [0.25, 0.3) is 0 Å². The average molecular weight is 692 g/mol. The summed E-state index contributed by atoms with van der Waals surface area (Å²) in [6, 6.07) is 68.8. The van der Waals surface area contributed by atoms with Crippen molar-refractivity contribution in [3.05, 3.63) is 188 Å². The van der Waals surface area contributed by atoms with E-state index in [4.69, 9.17) is 4.98 Å². The van der Waals surface area contributed by atoms with Crippen LogP contribution in [0.1, 0.15) is 0 Å². The Labute approximate surface area is 311 Å². The van der Waals surface area contributed by atoms with E-state index in [1.807, 2.05) is 0 Å². The van der Waals surface area contributed by atoms with Crippen molar-refractivity contribution in [3.8, 4) is 67.0 Å². The number of fused-ring (bicyclic) bond motifs is 5. The molecule has 1 aliphatic rings. The van der Waals surface area contributed by atoms with Crippen LogP contribution in [0.5, 0.6) is 0 Å². The average Bonchev–Trinajstić information content (AvgIpc) is 3.45. The summed E-state index contributed by atoms with van der Waals surface area (Å²) < 4.78 is 0. The molecule has 0 saturated heterocycles. The van der Waals surface area contributed by atoms with Gasteiger partial charge in [0, 0.05) is 11.1 Å². The highest BCUT2D eigenvalue weighted by Crippen LogP contribution is 2.45. The minimum Gasteiger partial charge on any atom is -0.248 e. The smallest absolute Gasteiger partial charge is 0.113 e. The molecule has 1 aliphatic heterocycles. The van der Waals surface area contributed by atoms with Gasteiger partial charge in [0.2, 0.25) is 0 Å². The van der Waals surface area contributed by atoms with Crippen LogP contribution in [0.15, 0.2) is 188 Å². The maximum Gasteiger partial charge on any atom is 0.113 e. The first-order valence-electron chi connectivity index (χ1n) is 18.5. The largest absolute Gasteiger partial charge is 0.248 e. The summed E-state index contributed by atoms with van der Waals surface area (Å²) in [6.07, 6.45) is 0. The van der Waals surface area contributed by atoms with Crippen molar-refractivity contribution in [2.75, 3.05) is 0 Å². The zero-order valence-electron chi connectivity index (χ0n) is 29.8. The van der Waals surface area contributed by atoms with E-state index in [9.17, 15) is 0 Å². The Morgan fingerprint density at radius 3 is 1.34 bits per heavy atom. The molecule has 10 rings (SSSR count). The highest BCUT2D eigenvalue weighted by Gasteiger charge is 2.37. The topological polar surface area (TPSA) is 12.9 Å². The lowest BCUT2D eigenvalue weighted by Gasteiger charge is -2.21. The van der Waals surface area contributed by atoms with E-state index < -0.39 is 8.07 Å². The summed E-state index contributed by atoms with van der Waals surface area (Å²) in [5.41, 5.74) is 14.3. The fourth-order valence-electron chi connectivity index (χ4n) is 8.65. The molecule has 0 spiro atoms. The van der Waals surface area contributed by atoms with Crippen molar-refractivity contribution in [2.24, 2.45) is 0 Å². The first kappa shape index (κ1) is 31.4. The van der Waals surface area contributed by atoms with Gasteiger partial charge in [0.15, 0.2) is 0 Å². The van der Waals surface area contributed by atoms with Gasteiger partial charge in [-0.05, 0) is 88.6 Å². The monoisotopic (exact) mass is 691 g/mol. The van der Waals surface area contributed by atoms with Gasteiger partial charge in [0.1, 0.15) is 8.07 Å². The third-order valence-corrected chi connectivity index (χ3v) is 14.8. The molecule has 8 aromatic carbocycles. The third kappa shape index (κ3) is 5.17. The quantitative estimate of drug-likeness (QED) is 0.129. The van der Waals surface area contributed by atoms with E-state index in [0.29, 0.717) is 0 Å². The van der Waals surface area contributed by atoms with E-state index in [-0.39, 0.29) is 0 Å². The van der Waals surface area contributed by atoms with Crippen LogP contribution in [0.3, 0.4) is 0 Å². The van der Waals surface area contributed by atoms with E-state index in [0.717, 1.165) is 28.1 Å². The lowest BCUT2D eigenvalue weighted by Crippen LogP contribution is -2.49. The first-order chi connectivity index (χ1) is 26.0. The van der Waals surface area contributed by atoms with Crippen molar-refractivity contribution in [1.82, 2.24) is 4.98 Å². The molecule has 0 radical (unpaired) electrons. The van der Waals surface area contributed by atoms with Crippen molar-refractivity contribution >= 4 is 40.0 Å². The second-order valence-electron chi connectivity index (χ2n) is 14.7. The Bertz CT molecular complexity index is 2780. The molecule has 0 fully saturated rings. The molecule has 53 heavy (non-hydrogen) atoms. The maximum atomic E-state index is 5.29. The minimum absolute atomic E-state index is 0.962. The van der Waals surface area contributed by atoms with E-state index >= 15 is 0 Å². The van der Waals surface area contributed by atoms with Gasteiger partial charge in [-0.15, -0.1) is 0 Å². The van der Waals surface area contributed by atoms with Gasteiger partial charge in [-0.3, -0.25) is 0 Å². The molecule has 1 nitrogen and oxygen atoms in total. The molecule has 0 amide bonds. The maximum absolute atomic E-state index is 5.29. The first-order valence-corrected chi connectivity index (χ1v) is 21.5. The molecule has 1 aromatic heterocycles. The van der Waals surface area contributed by atoms with Crippen LogP contribution in [0.25, 0.3) is 88.6 Å². The number of hydrogen-bond donors (Lipinski definition) is 0. The molecular weight excluding hydrogens is 655 g/mol. The second-order valence-corrected chi connectivity index (χ2v) is 19.0. The van der Waals surface area contributed by atoms with Gasteiger partial charge in [-0.2, -0.15) is 0 Å². The van der Waals surface area contributed by atoms with E-state index in [2.05, 4.69) is 201 Å². The van der Waals surface area contributed by atoms with Gasteiger partial charge in [0.05, 0.1) is 11.4 Å². The van der Waals surface area contributed by atoms with Crippen LogP contribution >= 0.6 is 0 Å². The zero-order valence-corrected chi connectivity index (χ0v) is 30.8. The van der Waals surface area contributed by atoms with E-state index in [1.54, 1.807) is 0 Å². The van der Waals surface area contributed by atoms with Crippen LogP contribution in [0.2, 0.25) is 13.1 Å². The predicted octanol–water partition coefficient (Wildman–Crippen LogP) is 12.5. The standard InChI is InChI=1S/C51H37NSi/c1-53(2)48-24-14-13-19-40(48)41-30-29-38(33-49(41)53)50-42-20-9-11-22-44(42)51(45-23-12-10-21-43(45)50)39-31-46(36-17-7-4-8-18-36)52-47(32-39)37-27-25-35(26-28-37)34-15-5-3-6-16-34/h3-33H,1-2H3. The molecule has 0 bridgehead atoms. The lowest BCUT2D eigenvalue weighted by molar-refractivity contribution is 1.32. The summed E-state index contributed by atoms with van der Waals surface area (Å²) in [7, 11) is -1.85. The number of hydrogen-bond acceptors (Lipinski definition) is 1. The highest BCUT2D eigenvalue weighted by molar-refractivity contribution is 7.03. The van der Waals surface area contributed by atoms with Crippen molar-refractivity contribution in [2.45, 2.75) is 13.1 Å². The number of benzene rings is 8. The molecular formula is C51H37NSi. The van der Waals surface area contributed by atoms with Gasteiger partial charge >= 0.3 is 0 Å². The van der Waals surface area contributed by atoms with Crippen LogP contribution in [-0.2, 0) is 0 Å². The molecule has 0 unspecified atom stereocenters. The van der Waals surface area contributed by atoms with E-state index in [1.165, 1.54) is 70.9 Å². The normalized spacial score (nSPS) is 12.9. The van der Waals surface area contributed by atoms with Crippen LogP contribution in [0, 0.1) is 0 Å². The number of nitrogens with zero attached hydrogens (tertiary/aromatic N) is 1. The van der Waals surface area contributed by atoms with Gasteiger partial charge in [-0.1, -0.05) is 189 Å². The molecule has 2 heterocycles. The third-order valence-electron chi connectivity index (χ3n) is 11.3. The van der Waals surface area contributed by atoms with Crippen molar-refractivity contribution < 1.29 is 0 Å². The number of aromatic nitrogens is 1. The molecule has 2 heteroatoms. The van der Waals surface area contributed by atoms with Crippen LogP contribution in [-0.4, -0.2) is 13.1 Å². The van der Waals surface area contributed by atoms with Gasteiger partial charge < -0.3 is 0 Å². The Morgan fingerprint density at radius 1 is 0.321 bits per heavy atom. The summed E-state index contributed by atoms with van der Waals surface area (Å²) in [4.78, 5) is 5.29. The number of rotatable bonds is 5. The number of pyridine rings is 1. The Hall–Kier alpha value is -6.35. The molecule has 0 N–H and O–H groups in total. The fraction of sp³-hybridized carbons (Fsp3) is 0.0392. The van der Waals surface area contributed by atoms with Gasteiger partial charge in [-0.25, -0.2) is 4.98 Å². The Balaban J connectivity index is 1.20. The molecule has 0 aliphatic carbocycles.